The third kappa shape index (κ3) is 3.86. The highest BCUT2D eigenvalue weighted by molar-refractivity contribution is 6.05. The summed E-state index contributed by atoms with van der Waals surface area (Å²) in [5, 5.41) is 0. The van der Waals surface area contributed by atoms with Crippen LogP contribution >= 0.6 is 0 Å². The molecule has 2 aliphatic rings. The van der Waals surface area contributed by atoms with Gasteiger partial charge in [0.25, 0.3) is 0 Å². The average molecular weight is 411 g/mol. The first-order chi connectivity index (χ1) is 15.2. The van der Waals surface area contributed by atoms with E-state index in [9.17, 15) is 9.59 Å². The summed E-state index contributed by atoms with van der Waals surface area (Å²) in [5.41, 5.74) is 5.71. The Morgan fingerprint density at radius 3 is 1.48 bits per heavy atom. The zero-order valence-corrected chi connectivity index (χ0v) is 17.5. The molecular weight excluding hydrogens is 384 g/mol. The number of hydrogen-bond donors (Lipinski definition) is 0. The van der Waals surface area contributed by atoms with Gasteiger partial charge in [-0.1, -0.05) is 78.9 Å². The lowest BCUT2D eigenvalue weighted by atomic mass is 9.92. The molecule has 0 saturated carbocycles. The van der Waals surface area contributed by atoms with E-state index >= 15 is 0 Å². The Balaban J connectivity index is 1.43. The molecule has 2 aliphatic heterocycles. The van der Waals surface area contributed by atoms with Gasteiger partial charge in [0.05, 0.1) is 0 Å². The summed E-state index contributed by atoms with van der Waals surface area (Å²) >= 11 is 0. The van der Waals surface area contributed by atoms with E-state index in [4.69, 9.17) is 0 Å². The van der Waals surface area contributed by atoms with Gasteiger partial charge in [0, 0.05) is 26.2 Å². The number of nitrogens with zero attached hydrogens (tertiary/aromatic N) is 2. The van der Waals surface area contributed by atoms with Gasteiger partial charge in [-0.15, -0.1) is 0 Å². The molecule has 0 spiro atoms. The summed E-state index contributed by atoms with van der Waals surface area (Å²) in [6.45, 7) is 2.42. The zero-order chi connectivity index (χ0) is 21.2. The van der Waals surface area contributed by atoms with Crippen LogP contribution in [0, 0.1) is 0 Å². The molecule has 0 bridgehead atoms. The zero-order valence-electron chi connectivity index (χ0n) is 17.5. The molecular formula is C27H26N2O2. The van der Waals surface area contributed by atoms with Crippen molar-refractivity contribution in [1.82, 2.24) is 9.80 Å². The van der Waals surface area contributed by atoms with E-state index in [1.54, 1.807) is 0 Å². The number of fused-ring (bicyclic) bond motifs is 2. The number of hydrogen-bond acceptors (Lipinski definition) is 2. The van der Waals surface area contributed by atoms with Gasteiger partial charge in [0.15, 0.2) is 0 Å². The molecule has 31 heavy (non-hydrogen) atoms. The van der Waals surface area contributed by atoms with Crippen LogP contribution in [0.4, 0.5) is 0 Å². The Hall–Kier alpha value is -3.40. The summed E-state index contributed by atoms with van der Waals surface area (Å²) in [5.74, 6) is -0.981. The van der Waals surface area contributed by atoms with Crippen molar-refractivity contribution in [2.45, 2.75) is 31.8 Å². The topological polar surface area (TPSA) is 40.6 Å². The summed E-state index contributed by atoms with van der Waals surface area (Å²) in [6.07, 6.45) is 1.66. The van der Waals surface area contributed by atoms with Crippen LogP contribution in [0.1, 0.15) is 33.7 Å². The van der Waals surface area contributed by atoms with Gasteiger partial charge in [-0.2, -0.15) is 0 Å². The maximum absolute atomic E-state index is 13.7. The van der Waals surface area contributed by atoms with Crippen molar-refractivity contribution in [3.05, 3.63) is 107 Å². The van der Waals surface area contributed by atoms with E-state index in [0.717, 1.165) is 18.4 Å². The van der Waals surface area contributed by atoms with E-state index in [2.05, 4.69) is 24.3 Å². The fourth-order valence-electron chi connectivity index (χ4n) is 4.77. The molecule has 3 aromatic rings. The first-order valence-electron chi connectivity index (χ1n) is 11.0. The SMILES string of the molecule is O=C(C(C(=O)N1CCc2ccccc2C1)c1ccccc1)N1CCc2ccccc2C1. The average Bonchev–Trinajstić information content (AvgIpc) is 2.84. The van der Waals surface area contributed by atoms with Crippen LogP contribution in [-0.4, -0.2) is 34.7 Å². The Kier molecular flexibility index (Phi) is 5.29. The first-order valence-corrected chi connectivity index (χ1v) is 11.0. The molecule has 2 amide bonds. The molecule has 3 aromatic carbocycles. The maximum Gasteiger partial charge on any atom is 0.239 e. The second kappa shape index (κ2) is 8.38. The Morgan fingerprint density at radius 1 is 0.581 bits per heavy atom. The standard InChI is InChI=1S/C27H26N2O2/c30-26(28-16-14-20-8-4-6-12-23(20)18-28)25(22-10-2-1-3-11-22)27(31)29-17-15-21-9-5-7-13-24(21)19-29/h1-13,25H,14-19H2. The highest BCUT2D eigenvalue weighted by Gasteiger charge is 2.37. The minimum absolute atomic E-state index is 0.0930. The molecule has 156 valence electrons. The fourth-order valence-corrected chi connectivity index (χ4v) is 4.77. The lowest BCUT2D eigenvalue weighted by Gasteiger charge is -2.35. The maximum atomic E-state index is 13.7. The summed E-state index contributed by atoms with van der Waals surface area (Å²) < 4.78 is 0. The predicted octanol–water partition coefficient (Wildman–Crippen LogP) is 3.94. The number of carbonyl (C=O) groups is 2. The Labute approximate surface area is 183 Å². The lowest BCUT2D eigenvalue weighted by Crippen LogP contribution is -2.46. The number of carbonyl (C=O) groups excluding carboxylic acids is 2. The van der Waals surface area contributed by atoms with Gasteiger partial charge >= 0.3 is 0 Å². The van der Waals surface area contributed by atoms with Crippen LogP contribution < -0.4 is 0 Å². The van der Waals surface area contributed by atoms with Crippen LogP contribution in [-0.2, 0) is 35.5 Å². The highest BCUT2D eigenvalue weighted by atomic mass is 16.2. The number of benzene rings is 3. The smallest absolute Gasteiger partial charge is 0.239 e. The van der Waals surface area contributed by atoms with Crippen LogP contribution in [0.3, 0.4) is 0 Å². The second-order valence-electron chi connectivity index (χ2n) is 8.40. The predicted molar refractivity (Wildman–Crippen MR) is 120 cm³/mol. The Morgan fingerprint density at radius 2 is 1.00 bits per heavy atom. The van der Waals surface area contributed by atoms with Crippen LogP contribution in [0.15, 0.2) is 78.9 Å². The summed E-state index contributed by atoms with van der Waals surface area (Å²) in [7, 11) is 0. The first kappa shape index (κ1) is 19.6. The van der Waals surface area contributed by atoms with Crippen molar-refractivity contribution in [3.8, 4) is 0 Å². The normalized spacial score (nSPS) is 15.4. The molecule has 0 N–H and O–H groups in total. The Bertz CT molecular complexity index is 1040. The van der Waals surface area contributed by atoms with Crippen LogP contribution in [0.5, 0.6) is 0 Å². The number of rotatable bonds is 3. The van der Waals surface area contributed by atoms with E-state index in [0.29, 0.717) is 26.2 Å². The van der Waals surface area contributed by atoms with Gasteiger partial charge in [-0.25, -0.2) is 0 Å². The summed E-state index contributed by atoms with van der Waals surface area (Å²) in [6, 6.07) is 26.0. The van der Waals surface area contributed by atoms with Crippen molar-refractivity contribution in [2.75, 3.05) is 13.1 Å². The molecule has 5 rings (SSSR count). The van der Waals surface area contributed by atoms with Gasteiger partial charge in [0.2, 0.25) is 11.8 Å². The van der Waals surface area contributed by atoms with Gasteiger partial charge in [0.1, 0.15) is 5.92 Å². The molecule has 0 aromatic heterocycles. The van der Waals surface area contributed by atoms with Gasteiger partial charge in [-0.05, 0) is 40.7 Å². The molecule has 0 fully saturated rings. The molecule has 0 saturated heterocycles. The molecule has 0 radical (unpaired) electrons. The molecule has 2 heterocycles. The van der Waals surface area contributed by atoms with E-state index in [1.165, 1.54) is 22.3 Å². The van der Waals surface area contributed by atoms with Crippen molar-refractivity contribution in [3.63, 3.8) is 0 Å². The molecule has 4 nitrogen and oxygen atoms in total. The monoisotopic (exact) mass is 410 g/mol. The van der Waals surface area contributed by atoms with Crippen LogP contribution in [0.25, 0.3) is 0 Å². The van der Waals surface area contributed by atoms with Gasteiger partial charge < -0.3 is 9.80 Å². The molecule has 0 aliphatic carbocycles. The molecule has 0 atom stereocenters. The highest BCUT2D eigenvalue weighted by Crippen LogP contribution is 2.28. The third-order valence-electron chi connectivity index (χ3n) is 6.51. The van der Waals surface area contributed by atoms with Crippen LogP contribution in [0.2, 0.25) is 0 Å². The van der Waals surface area contributed by atoms with Crippen molar-refractivity contribution in [2.24, 2.45) is 0 Å². The van der Waals surface area contributed by atoms with Gasteiger partial charge in [-0.3, -0.25) is 9.59 Å². The van der Waals surface area contributed by atoms with E-state index in [-0.39, 0.29) is 11.8 Å². The lowest BCUT2D eigenvalue weighted by molar-refractivity contribution is -0.144. The minimum Gasteiger partial charge on any atom is -0.337 e. The largest absolute Gasteiger partial charge is 0.337 e. The quantitative estimate of drug-likeness (QED) is 0.614. The molecule has 0 unspecified atom stereocenters. The second-order valence-corrected chi connectivity index (χ2v) is 8.40. The van der Waals surface area contributed by atoms with Crippen molar-refractivity contribution < 1.29 is 9.59 Å². The summed E-state index contributed by atoms with van der Waals surface area (Å²) in [4.78, 5) is 31.1. The minimum atomic E-state index is -0.795. The van der Waals surface area contributed by atoms with Crippen molar-refractivity contribution in [1.29, 1.82) is 0 Å². The number of amides is 2. The van der Waals surface area contributed by atoms with E-state index in [1.807, 2.05) is 64.4 Å². The van der Waals surface area contributed by atoms with E-state index < -0.39 is 5.92 Å². The third-order valence-corrected chi connectivity index (χ3v) is 6.51. The molecule has 4 heteroatoms. The van der Waals surface area contributed by atoms with Crippen molar-refractivity contribution >= 4 is 11.8 Å². The fraction of sp³-hybridized carbons (Fsp3) is 0.259.